The van der Waals surface area contributed by atoms with Gasteiger partial charge in [0.2, 0.25) is 17.8 Å². The summed E-state index contributed by atoms with van der Waals surface area (Å²) in [5, 5.41) is 23.7. The van der Waals surface area contributed by atoms with Gasteiger partial charge in [0.05, 0.1) is 33.3 Å². The van der Waals surface area contributed by atoms with Gasteiger partial charge < -0.3 is 20.0 Å². The lowest BCUT2D eigenvalue weighted by Gasteiger charge is -2.13. The first-order chi connectivity index (χ1) is 23.0. The Labute approximate surface area is 273 Å². The number of carboxylic acid groups (broad SMARTS) is 1. The first-order valence-corrected chi connectivity index (χ1v) is 15.2. The molecule has 0 aliphatic carbocycles. The Bertz CT molecular complexity index is 2220. The van der Waals surface area contributed by atoms with Crippen molar-refractivity contribution in [2.45, 2.75) is 46.3 Å². The minimum absolute atomic E-state index is 0.0786. The third kappa shape index (κ3) is 6.10. The van der Waals surface area contributed by atoms with Crippen LogP contribution in [-0.2, 0) is 26.7 Å². The smallest absolute Gasteiger partial charge is 0.335 e. The van der Waals surface area contributed by atoms with E-state index in [1.165, 1.54) is 23.0 Å². The first-order valence-electron chi connectivity index (χ1n) is 15.2. The highest BCUT2D eigenvalue weighted by Crippen LogP contribution is 2.25. The summed E-state index contributed by atoms with van der Waals surface area (Å²) >= 11 is 0. The molecule has 0 aliphatic rings. The Morgan fingerprint density at radius 2 is 1.38 bits per heavy atom. The number of aryl methyl sites for hydroxylation is 5. The fraction of sp³-hybridized carbons (Fsp3) is 0.250. The molecule has 2 aromatic carbocycles. The van der Waals surface area contributed by atoms with Gasteiger partial charge in [-0.1, -0.05) is 0 Å². The lowest BCUT2D eigenvalue weighted by atomic mass is 10.2. The van der Waals surface area contributed by atoms with E-state index in [9.17, 15) is 24.3 Å². The lowest BCUT2D eigenvalue weighted by Crippen LogP contribution is -2.20. The highest BCUT2D eigenvalue weighted by molar-refractivity contribution is 6.04. The Hall–Kier alpha value is -6.32. The van der Waals surface area contributed by atoms with Gasteiger partial charge in [0.15, 0.2) is 0 Å². The van der Waals surface area contributed by atoms with E-state index in [1.54, 1.807) is 48.1 Å². The van der Waals surface area contributed by atoms with Crippen molar-refractivity contribution in [1.82, 2.24) is 38.7 Å². The number of carbonyl (C=O) groups is 4. The number of anilines is 2. The second kappa shape index (κ2) is 12.8. The van der Waals surface area contributed by atoms with Crippen molar-refractivity contribution in [1.29, 1.82) is 0 Å². The van der Waals surface area contributed by atoms with Gasteiger partial charge in [-0.15, -0.1) is 0 Å². The molecule has 0 atom stereocenters. The number of primary amides is 1. The molecule has 0 fully saturated rings. The molecule has 3 amide bonds. The summed E-state index contributed by atoms with van der Waals surface area (Å²) in [6, 6.07) is 12.9. The van der Waals surface area contributed by atoms with E-state index in [0.29, 0.717) is 83.1 Å². The average Bonchev–Trinajstić information content (AvgIpc) is 3.82. The van der Waals surface area contributed by atoms with Crippen molar-refractivity contribution in [2.75, 3.05) is 10.6 Å². The zero-order valence-corrected chi connectivity index (χ0v) is 26.5. The second-order valence-corrected chi connectivity index (χ2v) is 11.2. The van der Waals surface area contributed by atoms with E-state index >= 15 is 0 Å². The standard InChI is InChI=1S/C32H33N11O5/c1-4-43-26(15-18(2)39-43)29(46)38-32-35-21-16-19(27(33)44)7-9-23(21)41(32)13-5-6-14-42-24-10-8-20(30(47)48)17-22(24)36-31(42)37-28(45)25-11-12-34-40(25)3/h7-12,15-17H,4-6,13-14H2,1-3H3,(H2,33,44)(H,47,48)(H,35,38,46)(H,36,37,45). The number of carboxylic acids is 1. The molecule has 246 valence electrons. The van der Waals surface area contributed by atoms with Crippen LogP contribution in [0, 0.1) is 6.92 Å². The number of benzene rings is 2. The molecule has 4 aromatic heterocycles. The first kappa shape index (κ1) is 31.7. The van der Waals surface area contributed by atoms with Gasteiger partial charge in [-0.25, -0.2) is 14.8 Å². The SMILES string of the molecule is CCn1nc(C)cc1C(=O)Nc1nc2cc(C(N)=O)ccc2n1CCCCn1c(NC(=O)c2ccnn2C)nc2cc(C(=O)O)ccc21. The van der Waals surface area contributed by atoms with Crippen LogP contribution in [-0.4, -0.2) is 67.5 Å². The molecule has 0 aliphatic heterocycles. The zero-order chi connectivity index (χ0) is 34.1. The quantitative estimate of drug-likeness (QED) is 0.143. The second-order valence-electron chi connectivity index (χ2n) is 11.2. The fourth-order valence-corrected chi connectivity index (χ4v) is 5.63. The van der Waals surface area contributed by atoms with Gasteiger partial charge in [-0.2, -0.15) is 10.2 Å². The summed E-state index contributed by atoms with van der Waals surface area (Å²) in [6.45, 7) is 5.10. The summed E-state index contributed by atoms with van der Waals surface area (Å²) in [5.41, 5.74) is 9.59. The molecular weight excluding hydrogens is 618 g/mol. The number of rotatable bonds is 12. The molecule has 0 saturated heterocycles. The van der Waals surface area contributed by atoms with E-state index in [-0.39, 0.29) is 17.4 Å². The largest absolute Gasteiger partial charge is 0.478 e. The number of nitrogens with two attached hydrogens (primary N) is 1. The average molecular weight is 652 g/mol. The maximum atomic E-state index is 13.3. The number of hydrogen-bond acceptors (Lipinski definition) is 8. The number of aromatic carboxylic acids is 1. The van der Waals surface area contributed by atoms with Crippen molar-refractivity contribution in [3.05, 3.63) is 82.9 Å². The van der Waals surface area contributed by atoms with Gasteiger partial charge >= 0.3 is 5.97 Å². The van der Waals surface area contributed by atoms with Crippen LogP contribution in [0.5, 0.6) is 0 Å². The van der Waals surface area contributed by atoms with Crippen molar-refractivity contribution < 1.29 is 24.3 Å². The molecule has 0 spiro atoms. The van der Waals surface area contributed by atoms with Crippen LogP contribution in [0.1, 0.15) is 67.2 Å². The summed E-state index contributed by atoms with van der Waals surface area (Å²) < 4.78 is 6.76. The summed E-state index contributed by atoms with van der Waals surface area (Å²) in [6.07, 6.45) is 2.73. The van der Waals surface area contributed by atoms with Crippen molar-refractivity contribution >= 4 is 57.7 Å². The molecule has 5 N–H and O–H groups in total. The van der Waals surface area contributed by atoms with Gasteiger partial charge in [0, 0.05) is 38.4 Å². The van der Waals surface area contributed by atoms with Crippen LogP contribution in [0.2, 0.25) is 0 Å². The topological polar surface area (TPSA) is 210 Å². The molecule has 6 rings (SSSR count). The third-order valence-corrected chi connectivity index (χ3v) is 7.98. The van der Waals surface area contributed by atoms with E-state index < -0.39 is 17.8 Å². The Kier molecular flexibility index (Phi) is 8.46. The van der Waals surface area contributed by atoms with Crippen LogP contribution >= 0.6 is 0 Å². The maximum Gasteiger partial charge on any atom is 0.335 e. The lowest BCUT2D eigenvalue weighted by molar-refractivity contribution is 0.0696. The number of nitrogens with one attached hydrogen (secondary N) is 2. The zero-order valence-electron chi connectivity index (χ0n) is 26.5. The van der Waals surface area contributed by atoms with E-state index in [2.05, 4.69) is 30.8 Å². The molecule has 48 heavy (non-hydrogen) atoms. The molecule has 0 unspecified atom stereocenters. The monoisotopic (exact) mass is 651 g/mol. The number of nitrogens with zero attached hydrogens (tertiary/aromatic N) is 8. The van der Waals surface area contributed by atoms with Gasteiger partial charge in [-0.05, 0) is 75.2 Å². The number of unbranched alkanes of at least 4 members (excludes halogenated alkanes) is 1. The van der Waals surface area contributed by atoms with Gasteiger partial charge in [0.25, 0.3) is 11.8 Å². The van der Waals surface area contributed by atoms with E-state index in [1.807, 2.05) is 23.0 Å². The molecule has 0 saturated carbocycles. The summed E-state index contributed by atoms with van der Waals surface area (Å²) in [7, 11) is 1.65. The number of carbonyl (C=O) groups excluding carboxylic acids is 3. The summed E-state index contributed by atoms with van der Waals surface area (Å²) in [4.78, 5) is 59.0. The minimum atomic E-state index is -1.08. The number of aromatic nitrogens is 8. The maximum absolute atomic E-state index is 13.3. The van der Waals surface area contributed by atoms with Crippen LogP contribution < -0.4 is 16.4 Å². The van der Waals surface area contributed by atoms with Crippen molar-refractivity contribution in [2.24, 2.45) is 12.8 Å². The van der Waals surface area contributed by atoms with E-state index in [4.69, 9.17) is 5.73 Å². The van der Waals surface area contributed by atoms with E-state index in [0.717, 1.165) is 0 Å². The predicted molar refractivity (Wildman–Crippen MR) is 176 cm³/mol. The fourth-order valence-electron chi connectivity index (χ4n) is 5.63. The van der Waals surface area contributed by atoms with Crippen LogP contribution in [0.15, 0.2) is 54.7 Å². The predicted octanol–water partition coefficient (Wildman–Crippen LogP) is 3.43. The van der Waals surface area contributed by atoms with Crippen molar-refractivity contribution in [3.63, 3.8) is 0 Å². The highest BCUT2D eigenvalue weighted by atomic mass is 16.4. The van der Waals surface area contributed by atoms with Crippen molar-refractivity contribution in [3.8, 4) is 0 Å². The molecule has 0 bridgehead atoms. The molecule has 0 radical (unpaired) electrons. The highest BCUT2D eigenvalue weighted by Gasteiger charge is 2.20. The molecule has 16 heteroatoms. The molecular formula is C32H33N11O5. The third-order valence-electron chi connectivity index (χ3n) is 7.98. The molecule has 6 aromatic rings. The van der Waals surface area contributed by atoms with Gasteiger partial charge in [0.1, 0.15) is 11.4 Å². The van der Waals surface area contributed by atoms with Crippen LogP contribution in [0.4, 0.5) is 11.9 Å². The van der Waals surface area contributed by atoms with Crippen LogP contribution in [0.3, 0.4) is 0 Å². The molecule has 16 nitrogen and oxygen atoms in total. The number of fused-ring (bicyclic) bond motifs is 2. The Morgan fingerprint density at radius 3 is 1.90 bits per heavy atom. The Morgan fingerprint density at radius 1 is 0.812 bits per heavy atom. The normalized spacial score (nSPS) is 11.3. The number of imidazole rings is 2. The number of amides is 3. The minimum Gasteiger partial charge on any atom is -0.478 e. The van der Waals surface area contributed by atoms with Crippen LogP contribution in [0.25, 0.3) is 22.1 Å². The number of hydrogen-bond donors (Lipinski definition) is 4. The summed E-state index contributed by atoms with van der Waals surface area (Å²) in [5.74, 6) is -1.89. The Balaban J connectivity index is 1.26. The molecule has 4 heterocycles. The van der Waals surface area contributed by atoms with Gasteiger partial charge in [-0.3, -0.25) is 34.4 Å².